The third-order valence-corrected chi connectivity index (χ3v) is 3.10. The minimum absolute atomic E-state index is 0.144. The highest BCUT2D eigenvalue weighted by Gasteiger charge is 2.02. The number of carbonyl (C=O) groups excluding carboxylic acids is 1. The van der Waals surface area contributed by atoms with Crippen molar-refractivity contribution in [3.8, 4) is 5.75 Å². The minimum Gasteiger partial charge on any atom is -0.493 e. The Morgan fingerprint density at radius 2 is 1.91 bits per heavy atom. The van der Waals surface area contributed by atoms with Crippen LogP contribution in [0.4, 0.5) is 0 Å². The van der Waals surface area contributed by atoms with E-state index in [2.05, 4.69) is 10.5 Å². The fraction of sp³-hybridized carbons (Fsp3) is 0.222. The van der Waals surface area contributed by atoms with Crippen molar-refractivity contribution in [3.63, 3.8) is 0 Å². The fourth-order valence-corrected chi connectivity index (χ4v) is 1.98. The van der Waals surface area contributed by atoms with Gasteiger partial charge in [0.2, 0.25) is 5.91 Å². The molecule has 0 heterocycles. The number of hydrogen-bond donors (Lipinski definition) is 1. The second kappa shape index (κ2) is 7.98. The lowest BCUT2D eigenvalue weighted by Gasteiger charge is -2.06. The summed E-state index contributed by atoms with van der Waals surface area (Å²) >= 11 is 0. The van der Waals surface area contributed by atoms with Gasteiger partial charge in [-0.25, -0.2) is 5.43 Å². The second-order valence-corrected chi connectivity index (χ2v) is 4.93. The average Bonchev–Trinajstić information content (AvgIpc) is 2.51. The highest BCUT2D eigenvalue weighted by Crippen LogP contribution is 2.15. The number of nitrogens with zero attached hydrogens (tertiary/aromatic N) is 1. The fourth-order valence-electron chi connectivity index (χ4n) is 1.98. The SMILES string of the molecule is CCOc1ccccc1/C=N/NC(=O)Cc1ccc(C)cc1. The van der Waals surface area contributed by atoms with Crippen LogP contribution in [0.25, 0.3) is 0 Å². The van der Waals surface area contributed by atoms with Crippen LogP contribution in [-0.2, 0) is 11.2 Å². The monoisotopic (exact) mass is 296 g/mol. The maximum Gasteiger partial charge on any atom is 0.244 e. The molecular formula is C18H20N2O2. The summed E-state index contributed by atoms with van der Waals surface area (Å²) in [7, 11) is 0. The van der Waals surface area contributed by atoms with E-state index in [1.807, 2.05) is 62.4 Å². The molecule has 0 fully saturated rings. The van der Waals surface area contributed by atoms with Crippen LogP contribution in [0.2, 0.25) is 0 Å². The van der Waals surface area contributed by atoms with E-state index in [1.165, 1.54) is 5.56 Å². The van der Waals surface area contributed by atoms with E-state index < -0.39 is 0 Å². The summed E-state index contributed by atoms with van der Waals surface area (Å²) in [6, 6.07) is 15.4. The first-order chi connectivity index (χ1) is 10.7. The maximum atomic E-state index is 11.8. The number of amides is 1. The molecular weight excluding hydrogens is 276 g/mol. The van der Waals surface area contributed by atoms with Gasteiger partial charge < -0.3 is 4.74 Å². The molecule has 0 saturated heterocycles. The molecule has 2 aromatic rings. The van der Waals surface area contributed by atoms with Gasteiger partial charge in [0.25, 0.3) is 0 Å². The Morgan fingerprint density at radius 1 is 1.18 bits per heavy atom. The van der Waals surface area contributed by atoms with Gasteiger partial charge in [-0.05, 0) is 31.5 Å². The molecule has 1 amide bonds. The minimum atomic E-state index is -0.144. The van der Waals surface area contributed by atoms with Gasteiger partial charge in [0.05, 0.1) is 19.2 Å². The highest BCUT2D eigenvalue weighted by molar-refractivity contribution is 5.85. The molecule has 0 radical (unpaired) electrons. The number of rotatable bonds is 6. The van der Waals surface area contributed by atoms with Gasteiger partial charge in [0.15, 0.2) is 0 Å². The standard InChI is InChI=1S/C18H20N2O2/c1-3-22-17-7-5-4-6-16(17)13-19-20-18(21)12-15-10-8-14(2)9-11-15/h4-11,13H,3,12H2,1-2H3,(H,20,21)/b19-13+. The molecule has 0 aliphatic rings. The molecule has 0 spiro atoms. The molecule has 22 heavy (non-hydrogen) atoms. The molecule has 2 aromatic carbocycles. The van der Waals surface area contributed by atoms with Gasteiger partial charge in [-0.15, -0.1) is 0 Å². The summed E-state index contributed by atoms with van der Waals surface area (Å²) in [4.78, 5) is 11.8. The van der Waals surface area contributed by atoms with E-state index >= 15 is 0 Å². The molecule has 0 saturated carbocycles. The molecule has 4 heteroatoms. The van der Waals surface area contributed by atoms with Gasteiger partial charge >= 0.3 is 0 Å². The normalized spacial score (nSPS) is 10.6. The molecule has 0 aliphatic carbocycles. The van der Waals surface area contributed by atoms with Crippen LogP contribution in [-0.4, -0.2) is 18.7 Å². The predicted octanol–water partition coefficient (Wildman–Crippen LogP) is 3.09. The van der Waals surface area contributed by atoms with Crippen LogP contribution in [0.5, 0.6) is 5.75 Å². The van der Waals surface area contributed by atoms with Crippen LogP contribution >= 0.6 is 0 Å². The zero-order chi connectivity index (χ0) is 15.8. The van der Waals surface area contributed by atoms with Gasteiger partial charge in [-0.1, -0.05) is 42.0 Å². The van der Waals surface area contributed by atoms with Gasteiger partial charge in [-0.2, -0.15) is 5.10 Å². The number of benzene rings is 2. The summed E-state index contributed by atoms with van der Waals surface area (Å²) in [5, 5.41) is 3.99. The molecule has 2 rings (SSSR count). The molecule has 0 unspecified atom stereocenters. The molecule has 0 aromatic heterocycles. The molecule has 1 N–H and O–H groups in total. The van der Waals surface area contributed by atoms with Crippen LogP contribution < -0.4 is 10.2 Å². The lowest BCUT2D eigenvalue weighted by atomic mass is 10.1. The summed E-state index contributed by atoms with van der Waals surface area (Å²) < 4.78 is 5.50. The second-order valence-electron chi connectivity index (χ2n) is 4.93. The molecule has 114 valence electrons. The topological polar surface area (TPSA) is 50.7 Å². The molecule has 4 nitrogen and oxygen atoms in total. The van der Waals surface area contributed by atoms with Gasteiger partial charge in [-0.3, -0.25) is 4.79 Å². The Balaban J connectivity index is 1.92. The Bertz CT molecular complexity index is 648. The van der Waals surface area contributed by atoms with E-state index in [0.717, 1.165) is 16.9 Å². The number of carbonyl (C=O) groups is 1. The van der Waals surface area contributed by atoms with E-state index in [9.17, 15) is 4.79 Å². The van der Waals surface area contributed by atoms with E-state index in [-0.39, 0.29) is 5.91 Å². The first-order valence-electron chi connectivity index (χ1n) is 7.28. The average molecular weight is 296 g/mol. The largest absolute Gasteiger partial charge is 0.493 e. The van der Waals surface area contributed by atoms with Gasteiger partial charge in [0, 0.05) is 5.56 Å². The summed E-state index contributed by atoms with van der Waals surface area (Å²) in [5.74, 6) is 0.607. The number of ether oxygens (including phenoxy) is 1. The van der Waals surface area contributed by atoms with Crippen molar-refractivity contribution in [1.82, 2.24) is 5.43 Å². The zero-order valence-corrected chi connectivity index (χ0v) is 12.9. The van der Waals surface area contributed by atoms with Crippen molar-refractivity contribution in [2.45, 2.75) is 20.3 Å². The third kappa shape index (κ3) is 4.74. The number of hydrazone groups is 1. The Morgan fingerprint density at radius 3 is 2.64 bits per heavy atom. The highest BCUT2D eigenvalue weighted by atomic mass is 16.5. The lowest BCUT2D eigenvalue weighted by Crippen LogP contribution is -2.19. The third-order valence-electron chi connectivity index (χ3n) is 3.10. The lowest BCUT2D eigenvalue weighted by molar-refractivity contribution is -0.120. The molecule has 0 aliphatic heterocycles. The van der Waals surface area contributed by atoms with Crippen molar-refractivity contribution in [3.05, 3.63) is 65.2 Å². The van der Waals surface area contributed by atoms with Crippen molar-refractivity contribution in [1.29, 1.82) is 0 Å². The van der Waals surface area contributed by atoms with Crippen molar-refractivity contribution < 1.29 is 9.53 Å². The zero-order valence-electron chi connectivity index (χ0n) is 12.9. The Labute approximate surface area is 130 Å². The van der Waals surface area contributed by atoms with Crippen molar-refractivity contribution in [2.24, 2.45) is 5.10 Å². The van der Waals surface area contributed by atoms with Crippen LogP contribution in [0, 0.1) is 6.92 Å². The van der Waals surface area contributed by atoms with E-state index in [4.69, 9.17) is 4.74 Å². The summed E-state index contributed by atoms with van der Waals surface area (Å²) in [5.41, 5.74) is 5.51. The first kappa shape index (κ1) is 15.8. The number of nitrogens with one attached hydrogen (secondary N) is 1. The predicted molar refractivity (Wildman–Crippen MR) is 88.2 cm³/mol. The van der Waals surface area contributed by atoms with Gasteiger partial charge in [0.1, 0.15) is 5.75 Å². The summed E-state index contributed by atoms with van der Waals surface area (Å²) in [6.45, 7) is 4.53. The maximum absolute atomic E-state index is 11.8. The van der Waals surface area contributed by atoms with Crippen molar-refractivity contribution >= 4 is 12.1 Å². The Hall–Kier alpha value is -2.62. The van der Waals surface area contributed by atoms with Crippen LogP contribution in [0.3, 0.4) is 0 Å². The summed E-state index contributed by atoms with van der Waals surface area (Å²) in [6.07, 6.45) is 1.91. The number of hydrogen-bond acceptors (Lipinski definition) is 3. The number of para-hydroxylation sites is 1. The first-order valence-corrected chi connectivity index (χ1v) is 7.28. The van der Waals surface area contributed by atoms with Crippen molar-refractivity contribution in [2.75, 3.05) is 6.61 Å². The number of aryl methyl sites for hydroxylation is 1. The van der Waals surface area contributed by atoms with E-state index in [1.54, 1.807) is 6.21 Å². The Kier molecular flexibility index (Phi) is 5.72. The van der Waals surface area contributed by atoms with Crippen LogP contribution in [0.15, 0.2) is 53.6 Å². The van der Waals surface area contributed by atoms with Crippen LogP contribution in [0.1, 0.15) is 23.6 Å². The quantitative estimate of drug-likeness (QED) is 0.658. The smallest absolute Gasteiger partial charge is 0.244 e. The molecule has 0 atom stereocenters. The molecule has 0 bridgehead atoms. The van der Waals surface area contributed by atoms with E-state index in [0.29, 0.717) is 13.0 Å².